The van der Waals surface area contributed by atoms with Crippen LogP contribution >= 0.6 is 15.9 Å². The predicted octanol–water partition coefficient (Wildman–Crippen LogP) is 2.65. The van der Waals surface area contributed by atoms with Gasteiger partial charge in [-0.15, -0.1) is 0 Å². The van der Waals surface area contributed by atoms with E-state index >= 15 is 0 Å². The highest BCUT2D eigenvalue weighted by Gasteiger charge is 2.28. The van der Waals surface area contributed by atoms with Gasteiger partial charge in [-0.05, 0) is 48.0 Å². The number of aromatic nitrogens is 2. The van der Waals surface area contributed by atoms with E-state index < -0.39 is 5.60 Å². The molecule has 2 N–H and O–H groups in total. The highest BCUT2D eigenvalue weighted by atomic mass is 79.9. The van der Waals surface area contributed by atoms with E-state index in [0.29, 0.717) is 5.75 Å². The summed E-state index contributed by atoms with van der Waals surface area (Å²) in [6, 6.07) is 3.41. The predicted molar refractivity (Wildman–Crippen MR) is 85.1 cm³/mol. The van der Waals surface area contributed by atoms with Crippen molar-refractivity contribution in [1.82, 2.24) is 9.55 Å². The molecular weight excluding hydrogens is 334 g/mol. The zero-order valence-electron chi connectivity index (χ0n) is 11.6. The van der Waals surface area contributed by atoms with Crippen LogP contribution in [-0.2, 0) is 0 Å². The molecule has 1 aliphatic heterocycles. The number of hydrogen-bond donors (Lipinski definition) is 1. The van der Waals surface area contributed by atoms with Crippen LogP contribution in [0.25, 0.3) is 5.70 Å². The third kappa shape index (κ3) is 2.47. The molecule has 0 saturated carbocycles. The maximum absolute atomic E-state index is 12.4. The molecule has 0 aliphatic carbocycles. The highest BCUT2D eigenvalue weighted by molar-refractivity contribution is 9.10. The van der Waals surface area contributed by atoms with Crippen LogP contribution in [0.15, 0.2) is 46.1 Å². The number of halogens is 1. The number of nitrogens with two attached hydrogens (primary N) is 1. The van der Waals surface area contributed by atoms with Gasteiger partial charge in [0.1, 0.15) is 11.4 Å². The number of anilines is 1. The second-order valence-corrected chi connectivity index (χ2v) is 6.31. The Bertz CT molecular complexity index is 809. The summed E-state index contributed by atoms with van der Waals surface area (Å²) in [4.78, 5) is 16.4. The number of hydrogen-bond acceptors (Lipinski definition) is 4. The summed E-state index contributed by atoms with van der Waals surface area (Å²) in [5, 5.41) is 0. The SMILES string of the molecule is CC1(C)C=C(n2cc(Br)cc(N)c2=O)c2ccncc2O1. The Hall–Kier alpha value is -2.08. The molecule has 6 heteroatoms. The molecule has 3 rings (SSSR count). The third-order valence-corrected chi connectivity index (χ3v) is 3.62. The molecule has 1 aliphatic rings. The number of nitrogens with zero attached hydrogens (tertiary/aromatic N) is 2. The normalized spacial score (nSPS) is 15.9. The van der Waals surface area contributed by atoms with Crippen LogP contribution in [0.5, 0.6) is 5.75 Å². The monoisotopic (exact) mass is 347 g/mol. The van der Waals surface area contributed by atoms with Crippen LogP contribution in [0.2, 0.25) is 0 Å². The van der Waals surface area contributed by atoms with Crippen molar-refractivity contribution in [3.8, 4) is 5.75 Å². The van der Waals surface area contributed by atoms with E-state index in [9.17, 15) is 4.79 Å². The zero-order chi connectivity index (χ0) is 15.2. The van der Waals surface area contributed by atoms with Crippen molar-refractivity contribution in [2.75, 3.05) is 5.73 Å². The molecule has 2 aromatic rings. The Morgan fingerprint density at radius 1 is 1.43 bits per heavy atom. The fourth-order valence-electron chi connectivity index (χ4n) is 2.34. The van der Waals surface area contributed by atoms with Crippen molar-refractivity contribution in [2.24, 2.45) is 0 Å². The minimum absolute atomic E-state index is 0.185. The molecule has 0 bridgehead atoms. The summed E-state index contributed by atoms with van der Waals surface area (Å²) in [5.74, 6) is 0.644. The molecule has 3 heterocycles. The van der Waals surface area contributed by atoms with Crippen molar-refractivity contribution in [3.05, 3.63) is 57.2 Å². The molecule has 0 radical (unpaired) electrons. The highest BCUT2D eigenvalue weighted by Crippen LogP contribution is 2.35. The largest absolute Gasteiger partial charge is 0.481 e. The lowest BCUT2D eigenvalue weighted by molar-refractivity contribution is 0.156. The number of rotatable bonds is 1. The summed E-state index contributed by atoms with van der Waals surface area (Å²) in [5.41, 5.74) is 6.71. The number of nitrogen functional groups attached to an aromatic ring is 1. The van der Waals surface area contributed by atoms with Crippen molar-refractivity contribution < 1.29 is 4.74 Å². The van der Waals surface area contributed by atoms with Crippen molar-refractivity contribution >= 4 is 27.3 Å². The molecule has 5 nitrogen and oxygen atoms in total. The zero-order valence-corrected chi connectivity index (χ0v) is 13.2. The third-order valence-electron chi connectivity index (χ3n) is 3.19. The van der Waals surface area contributed by atoms with E-state index in [0.717, 1.165) is 15.7 Å². The molecule has 0 fully saturated rings. The lowest BCUT2D eigenvalue weighted by Crippen LogP contribution is -2.32. The van der Waals surface area contributed by atoms with E-state index in [1.165, 1.54) is 4.57 Å². The van der Waals surface area contributed by atoms with Gasteiger partial charge in [-0.3, -0.25) is 14.3 Å². The molecule has 0 unspecified atom stereocenters. The van der Waals surface area contributed by atoms with Gasteiger partial charge in [0.2, 0.25) is 0 Å². The van der Waals surface area contributed by atoms with Crippen molar-refractivity contribution in [3.63, 3.8) is 0 Å². The molecular formula is C15H14BrN3O2. The van der Waals surface area contributed by atoms with Gasteiger partial charge in [-0.2, -0.15) is 0 Å². The first-order valence-corrected chi connectivity index (χ1v) is 7.21. The quantitative estimate of drug-likeness (QED) is 0.860. The van der Waals surface area contributed by atoms with Gasteiger partial charge in [0, 0.05) is 22.4 Å². The first-order chi connectivity index (χ1) is 9.87. The number of pyridine rings is 2. The van der Waals surface area contributed by atoms with Crippen LogP contribution in [0.1, 0.15) is 19.4 Å². The molecule has 108 valence electrons. The maximum atomic E-state index is 12.4. The first-order valence-electron chi connectivity index (χ1n) is 6.42. The van der Waals surface area contributed by atoms with Crippen LogP contribution < -0.4 is 16.0 Å². The molecule has 2 aromatic heterocycles. The lowest BCUT2D eigenvalue weighted by Gasteiger charge is -2.31. The van der Waals surface area contributed by atoms with E-state index in [-0.39, 0.29) is 11.2 Å². The number of fused-ring (bicyclic) bond motifs is 1. The summed E-state index contributed by atoms with van der Waals surface area (Å²) in [6.45, 7) is 3.85. The van der Waals surface area contributed by atoms with Gasteiger partial charge in [0.15, 0.2) is 0 Å². The minimum Gasteiger partial charge on any atom is -0.481 e. The fraction of sp³-hybridized carbons (Fsp3) is 0.200. The van der Waals surface area contributed by atoms with Crippen LogP contribution in [0.3, 0.4) is 0 Å². The van der Waals surface area contributed by atoms with Crippen LogP contribution in [0, 0.1) is 0 Å². The Balaban J connectivity index is 2.30. The Kier molecular flexibility index (Phi) is 3.13. The second kappa shape index (κ2) is 4.73. The summed E-state index contributed by atoms with van der Waals surface area (Å²) in [7, 11) is 0. The standard InChI is InChI=1S/C15H14BrN3O2/c1-15(2)6-12(10-3-4-18-7-13(10)21-15)19-8-9(16)5-11(17)14(19)20/h3-8H,17H2,1-2H3. The van der Waals surface area contributed by atoms with E-state index in [4.69, 9.17) is 10.5 Å². The van der Waals surface area contributed by atoms with E-state index in [1.54, 1.807) is 24.7 Å². The topological polar surface area (TPSA) is 70.1 Å². The molecule has 0 spiro atoms. The summed E-state index contributed by atoms with van der Waals surface area (Å²) < 4.78 is 8.14. The van der Waals surface area contributed by atoms with Gasteiger partial charge in [0.25, 0.3) is 5.56 Å². The van der Waals surface area contributed by atoms with Gasteiger partial charge in [-0.1, -0.05) is 0 Å². The van der Waals surface area contributed by atoms with Crippen molar-refractivity contribution in [1.29, 1.82) is 0 Å². The van der Waals surface area contributed by atoms with Gasteiger partial charge < -0.3 is 10.5 Å². The van der Waals surface area contributed by atoms with Crippen LogP contribution in [-0.4, -0.2) is 15.2 Å². The molecule has 0 aromatic carbocycles. The smallest absolute Gasteiger partial charge is 0.278 e. The van der Waals surface area contributed by atoms with Gasteiger partial charge in [0.05, 0.1) is 17.6 Å². The summed E-state index contributed by atoms with van der Waals surface area (Å²) >= 11 is 3.37. The maximum Gasteiger partial charge on any atom is 0.278 e. The fourth-order valence-corrected chi connectivity index (χ4v) is 2.79. The average molecular weight is 348 g/mol. The summed E-state index contributed by atoms with van der Waals surface area (Å²) in [6.07, 6.45) is 6.93. The van der Waals surface area contributed by atoms with Crippen LogP contribution in [0.4, 0.5) is 5.69 Å². The molecule has 0 saturated heterocycles. The molecule has 0 amide bonds. The van der Waals surface area contributed by atoms with E-state index in [1.807, 2.05) is 26.0 Å². The van der Waals surface area contributed by atoms with Gasteiger partial charge >= 0.3 is 0 Å². The average Bonchev–Trinajstić information content (AvgIpc) is 2.41. The second-order valence-electron chi connectivity index (χ2n) is 5.40. The number of ether oxygens (including phenoxy) is 1. The van der Waals surface area contributed by atoms with Crippen molar-refractivity contribution in [2.45, 2.75) is 19.4 Å². The van der Waals surface area contributed by atoms with E-state index in [2.05, 4.69) is 20.9 Å². The first kappa shape index (κ1) is 13.9. The molecule has 0 atom stereocenters. The Labute approximate surface area is 130 Å². The van der Waals surface area contributed by atoms with Gasteiger partial charge in [-0.25, -0.2) is 0 Å². The Morgan fingerprint density at radius 3 is 2.95 bits per heavy atom. The Morgan fingerprint density at radius 2 is 2.19 bits per heavy atom. The minimum atomic E-state index is -0.540. The molecule has 21 heavy (non-hydrogen) atoms. The lowest BCUT2D eigenvalue weighted by atomic mass is 10.00.